The van der Waals surface area contributed by atoms with Crippen LogP contribution in [0.2, 0.25) is 5.02 Å². The van der Waals surface area contributed by atoms with Gasteiger partial charge in [0.1, 0.15) is 5.75 Å². The molecule has 0 bridgehead atoms. The smallest absolute Gasteiger partial charge is 0.260 e. The van der Waals surface area contributed by atoms with Crippen molar-refractivity contribution in [2.24, 2.45) is 0 Å². The van der Waals surface area contributed by atoms with E-state index in [2.05, 4.69) is 21.2 Å². The van der Waals surface area contributed by atoms with Gasteiger partial charge in [-0.1, -0.05) is 11.6 Å². The van der Waals surface area contributed by atoms with Gasteiger partial charge in [-0.3, -0.25) is 4.79 Å². The topological polar surface area (TPSA) is 58.6 Å². The van der Waals surface area contributed by atoms with Crippen LogP contribution in [0.1, 0.15) is 13.3 Å². The summed E-state index contributed by atoms with van der Waals surface area (Å²) in [7, 11) is 0. The van der Waals surface area contributed by atoms with E-state index in [9.17, 15) is 4.79 Å². The first kappa shape index (κ1) is 18.6. The van der Waals surface area contributed by atoms with Gasteiger partial charge in [-0.15, -0.1) is 0 Å². The lowest BCUT2D eigenvalue weighted by molar-refractivity contribution is -0.127. The number of aliphatic hydroxyl groups is 1. The molecule has 1 aromatic carbocycles. The predicted molar refractivity (Wildman–Crippen MR) is 91.3 cm³/mol. The van der Waals surface area contributed by atoms with E-state index in [1.807, 2.05) is 0 Å². The van der Waals surface area contributed by atoms with Crippen LogP contribution in [0.3, 0.4) is 0 Å². The van der Waals surface area contributed by atoms with Crippen molar-refractivity contribution in [3.05, 3.63) is 27.7 Å². The Morgan fingerprint density at radius 3 is 2.95 bits per heavy atom. The molecular formula is C14H19BrClNO3S. The van der Waals surface area contributed by atoms with Crippen LogP contribution in [-0.4, -0.2) is 41.8 Å². The molecule has 0 aliphatic heterocycles. The number of rotatable bonds is 9. The van der Waals surface area contributed by atoms with Gasteiger partial charge >= 0.3 is 0 Å². The third-order valence-electron chi connectivity index (χ3n) is 2.56. The summed E-state index contributed by atoms with van der Waals surface area (Å²) in [6, 6.07) is 5.16. The lowest BCUT2D eigenvalue weighted by Crippen LogP contribution is -2.37. The van der Waals surface area contributed by atoms with Gasteiger partial charge in [0.15, 0.2) is 6.10 Å². The fourth-order valence-corrected chi connectivity index (χ4v) is 3.03. The summed E-state index contributed by atoms with van der Waals surface area (Å²) in [5.74, 6) is 2.15. The molecule has 0 aliphatic rings. The molecule has 1 aromatic rings. The number of hydrogen-bond donors (Lipinski definition) is 2. The molecule has 0 heterocycles. The minimum absolute atomic E-state index is 0.153. The molecule has 1 rings (SSSR count). The van der Waals surface area contributed by atoms with Gasteiger partial charge in [0.2, 0.25) is 0 Å². The number of carbonyl (C=O) groups is 1. The Labute approximate surface area is 142 Å². The van der Waals surface area contributed by atoms with Crippen LogP contribution < -0.4 is 10.1 Å². The first-order chi connectivity index (χ1) is 10.0. The highest BCUT2D eigenvalue weighted by atomic mass is 79.9. The largest absolute Gasteiger partial charge is 0.480 e. The molecule has 4 nitrogen and oxygen atoms in total. The first-order valence-electron chi connectivity index (χ1n) is 6.62. The Morgan fingerprint density at radius 1 is 1.52 bits per heavy atom. The number of aliphatic hydroxyl groups excluding tert-OH is 1. The fraction of sp³-hybridized carbons (Fsp3) is 0.500. The fourth-order valence-electron chi connectivity index (χ4n) is 1.47. The summed E-state index contributed by atoms with van der Waals surface area (Å²) < 4.78 is 6.32. The maximum Gasteiger partial charge on any atom is 0.260 e. The van der Waals surface area contributed by atoms with E-state index in [4.69, 9.17) is 21.4 Å². The van der Waals surface area contributed by atoms with Gasteiger partial charge < -0.3 is 15.2 Å². The molecule has 0 aromatic heterocycles. The molecule has 0 radical (unpaired) electrons. The third-order valence-corrected chi connectivity index (χ3v) is 4.48. The van der Waals surface area contributed by atoms with Crippen LogP contribution >= 0.6 is 39.3 Å². The first-order valence-corrected chi connectivity index (χ1v) is 8.95. The second kappa shape index (κ2) is 10.3. The van der Waals surface area contributed by atoms with Crippen molar-refractivity contribution < 1.29 is 14.6 Å². The molecule has 118 valence electrons. The SMILES string of the molecule is CC(Oc1ccc(Cl)cc1Br)C(=O)NCCSCCCO. The lowest BCUT2D eigenvalue weighted by Gasteiger charge is -2.15. The minimum Gasteiger partial charge on any atom is -0.480 e. The van der Waals surface area contributed by atoms with Crippen LogP contribution in [0, 0.1) is 0 Å². The summed E-state index contributed by atoms with van der Waals surface area (Å²) in [4.78, 5) is 11.9. The van der Waals surface area contributed by atoms with Gasteiger partial charge in [0.05, 0.1) is 4.47 Å². The summed E-state index contributed by atoms with van der Waals surface area (Å²) in [5, 5.41) is 12.1. The predicted octanol–water partition coefficient (Wildman–Crippen LogP) is 3.10. The number of ether oxygens (including phenoxy) is 1. The molecule has 0 aliphatic carbocycles. The van der Waals surface area contributed by atoms with Gasteiger partial charge in [-0.25, -0.2) is 0 Å². The van der Waals surface area contributed by atoms with E-state index in [1.54, 1.807) is 36.9 Å². The highest BCUT2D eigenvalue weighted by molar-refractivity contribution is 9.10. The zero-order valence-electron chi connectivity index (χ0n) is 11.8. The number of carbonyl (C=O) groups excluding carboxylic acids is 1. The van der Waals surface area contributed by atoms with Crippen LogP contribution in [-0.2, 0) is 4.79 Å². The van der Waals surface area contributed by atoms with E-state index < -0.39 is 6.10 Å². The quantitative estimate of drug-likeness (QED) is 0.630. The highest BCUT2D eigenvalue weighted by Crippen LogP contribution is 2.28. The van der Waals surface area contributed by atoms with Gasteiger partial charge in [-0.2, -0.15) is 11.8 Å². The van der Waals surface area contributed by atoms with Gasteiger partial charge in [0.25, 0.3) is 5.91 Å². The highest BCUT2D eigenvalue weighted by Gasteiger charge is 2.15. The van der Waals surface area contributed by atoms with E-state index in [-0.39, 0.29) is 12.5 Å². The third kappa shape index (κ3) is 7.40. The minimum atomic E-state index is -0.579. The number of nitrogens with one attached hydrogen (secondary N) is 1. The van der Waals surface area contributed by atoms with Crippen molar-refractivity contribution in [2.75, 3.05) is 24.7 Å². The zero-order chi connectivity index (χ0) is 15.7. The number of halogens is 2. The van der Waals surface area contributed by atoms with Crippen molar-refractivity contribution in [1.82, 2.24) is 5.32 Å². The van der Waals surface area contributed by atoms with Crippen molar-refractivity contribution in [3.8, 4) is 5.75 Å². The van der Waals surface area contributed by atoms with Crippen molar-refractivity contribution in [1.29, 1.82) is 0 Å². The van der Waals surface area contributed by atoms with E-state index in [1.165, 1.54) is 0 Å². The normalized spacial score (nSPS) is 12.0. The maximum atomic E-state index is 11.9. The molecule has 2 N–H and O–H groups in total. The standard InChI is InChI=1S/C14H19BrClNO3S/c1-10(14(19)17-5-8-21-7-2-6-18)20-13-4-3-11(16)9-12(13)15/h3-4,9-10,18H,2,5-8H2,1H3,(H,17,19). The van der Waals surface area contributed by atoms with Gasteiger partial charge in [0, 0.05) is 23.9 Å². The molecule has 0 fully saturated rings. The van der Waals surface area contributed by atoms with Crippen LogP contribution in [0.5, 0.6) is 5.75 Å². The number of hydrogen-bond acceptors (Lipinski definition) is 4. The van der Waals surface area contributed by atoms with Crippen LogP contribution in [0.4, 0.5) is 0 Å². The number of thioether (sulfide) groups is 1. The molecule has 1 amide bonds. The lowest BCUT2D eigenvalue weighted by atomic mass is 10.3. The van der Waals surface area contributed by atoms with E-state index >= 15 is 0 Å². The molecule has 1 atom stereocenters. The molecule has 7 heteroatoms. The Bertz CT molecular complexity index is 462. The Hall–Kier alpha value is -0.430. The maximum absolute atomic E-state index is 11.9. The second-order valence-corrected chi connectivity index (χ2v) is 6.83. The number of benzene rings is 1. The monoisotopic (exact) mass is 395 g/mol. The second-order valence-electron chi connectivity index (χ2n) is 4.32. The Balaban J connectivity index is 2.30. The Morgan fingerprint density at radius 2 is 2.29 bits per heavy atom. The summed E-state index contributed by atoms with van der Waals surface area (Å²) in [5.41, 5.74) is 0. The van der Waals surface area contributed by atoms with Gasteiger partial charge in [-0.05, 0) is 53.2 Å². The average molecular weight is 397 g/mol. The van der Waals surface area contributed by atoms with Crippen LogP contribution in [0.25, 0.3) is 0 Å². The van der Waals surface area contributed by atoms with E-state index in [0.717, 1.165) is 17.9 Å². The molecular weight excluding hydrogens is 378 g/mol. The number of amides is 1. The zero-order valence-corrected chi connectivity index (χ0v) is 14.9. The van der Waals surface area contributed by atoms with E-state index in [0.29, 0.717) is 21.8 Å². The van der Waals surface area contributed by atoms with Crippen molar-refractivity contribution in [3.63, 3.8) is 0 Å². The summed E-state index contributed by atoms with van der Waals surface area (Å²) >= 11 is 10.9. The summed E-state index contributed by atoms with van der Waals surface area (Å²) in [6.07, 6.45) is 0.202. The van der Waals surface area contributed by atoms with Crippen LogP contribution in [0.15, 0.2) is 22.7 Å². The molecule has 0 saturated heterocycles. The molecule has 0 spiro atoms. The molecule has 0 saturated carbocycles. The van der Waals surface area contributed by atoms with Crippen molar-refractivity contribution in [2.45, 2.75) is 19.4 Å². The molecule has 1 unspecified atom stereocenters. The summed E-state index contributed by atoms with van der Waals surface area (Å²) in [6.45, 7) is 2.50. The van der Waals surface area contributed by atoms with Crippen molar-refractivity contribution >= 4 is 45.2 Å². The average Bonchev–Trinajstić information content (AvgIpc) is 2.45. The Kier molecular flexibility index (Phi) is 9.15. The molecule has 21 heavy (non-hydrogen) atoms.